The minimum absolute atomic E-state index is 0.00274. The molecule has 1 aliphatic rings. The van der Waals surface area contributed by atoms with Gasteiger partial charge in [0.25, 0.3) is 0 Å². The molecule has 20 heavy (non-hydrogen) atoms. The zero-order valence-corrected chi connectivity index (χ0v) is 13.1. The van der Waals surface area contributed by atoms with Crippen molar-refractivity contribution in [1.29, 1.82) is 0 Å². The summed E-state index contributed by atoms with van der Waals surface area (Å²) in [6.45, 7) is 9.04. The van der Waals surface area contributed by atoms with Gasteiger partial charge < -0.3 is 10.4 Å². The molecule has 1 aliphatic heterocycles. The van der Waals surface area contributed by atoms with E-state index in [1.54, 1.807) is 0 Å². The maximum Gasteiger partial charge on any atom is 0.310 e. The molecule has 2 N–H and O–H groups in total. The first-order valence-electron chi connectivity index (χ1n) is 7.64. The summed E-state index contributed by atoms with van der Waals surface area (Å²) in [4.78, 5) is 25.7. The lowest BCUT2D eigenvalue weighted by Crippen LogP contribution is -2.47. The lowest BCUT2D eigenvalue weighted by atomic mass is 9.83. The van der Waals surface area contributed by atoms with Crippen LogP contribution in [0.1, 0.15) is 53.4 Å². The molecule has 0 radical (unpaired) electrons. The average Bonchev–Trinajstić information content (AvgIpc) is 2.83. The molecule has 1 saturated heterocycles. The molecule has 5 nitrogen and oxygen atoms in total. The molecular formula is C15H28N2O3. The molecule has 1 heterocycles. The minimum Gasteiger partial charge on any atom is -0.481 e. The predicted octanol–water partition coefficient (Wildman–Crippen LogP) is 1.87. The molecule has 0 aromatic carbocycles. The third kappa shape index (κ3) is 3.72. The van der Waals surface area contributed by atoms with Crippen molar-refractivity contribution in [1.82, 2.24) is 10.2 Å². The molecule has 3 atom stereocenters. The number of hydrogen-bond acceptors (Lipinski definition) is 3. The van der Waals surface area contributed by atoms with Crippen LogP contribution in [0.3, 0.4) is 0 Å². The summed E-state index contributed by atoms with van der Waals surface area (Å²) < 4.78 is 0. The van der Waals surface area contributed by atoms with Crippen molar-refractivity contribution in [3.8, 4) is 0 Å². The number of carboxylic acid groups (broad SMARTS) is 1. The van der Waals surface area contributed by atoms with Gasteiger partial charge in [-0.2, -0.15) is 0 Å². The molecule has 0 spiro atoms. The topological polar surface area (TPSA) is 69.6 Å². The molecule has 0 aliphatic carbocycles. The van der Waals surface area contributed by atoms with Crippen LogP contribution in [0.5, 0.6) is 0 Å². The second-order valence-electron chi connectivity index (χ2n) is 6.05. The van der Waals surface area contributed by atoms with Gasteiger partial charge in [0.05, 0.1) is 11.5 Å². The maximum atomic E-state index is 12.1. The van der Waals surface area contributed by atoms with Gasteiger partial charge in [-0.3, -0.25) is 14.5 Å². The van der Waals surface area contributed by atoms with Gasteiger partial charge >= 0.3 is 5.97 Å². The summed E-state index contributed by atoms with van der Waals surface area (Å²) in [6.07, 6.45) is 3.07. The van der Waals surface area contributed by atoms with Crippen LogP contribution in [0.4, 0.5) is 0 Å². The van der Waals surface area contributed by atoms with Crippen molar-refractivity contribution in [3.05, 3.63) is 0 Å². The number of carboxylic acids is 1. The maximum absolute atomic E-state index is 12.1. The summed E-state index contributed by atoms with van der Waals surface area (Å²) in [5, 5.41) is 12.5. The second kappa shape index (κ2) is 7.07. The van der Waals surface area contributed by atoms with Crippen LogP contribution >= 0.6 is 0 Å². The number of amides is 1. The van der Waals surface area contributed by atoms with Gasteiger partial charge in [-0.1, -0.05) is 20.3 Å². The Balaban J connectivity index is 2.66. The van der Waals surface area contributed by atoms with E-state index in [0.29, 0.717) is 25.9 Å². The van der Waals surface area contributed by atoms with Crippen molar-refractivity contribution in [2.75, 3.05) is 13.1 Å². The lowest BCUT2D eigenvalue weighted by Gasteiger charge is -2.28. The first-order valence-corrected chi connectivity index (χ1v) is 7.64. The number of nitrogens with one attached hydrogen (secondary N) is 1. The Labute approximate surface area is 121 Å². The molecule has 0 bridgehead atoms. The Morgan fingerprint density at radius 2 is 2.00 bits per heavy atom. The van der Waals surface area contributed by atoms with Crippen LogP contribution in [0.15, 0.2) is 0 Å². The number of hydrogen-bond donors (Lipinski definition) is 2. The van der Waals surface area contributed by atoms with E-state index in [9.17, 15) is 14.7 Å². The Bertz CT molecular complexity index is 359. The van der Waals surface area contributed by atoms with E-state index < -0.39 is 11.4 Å². The average molecular weight is 284 g/mol. The number of likely N-dealkylation sites (tertiary alicyclic amines) is 1. The van der Waals surface area contributed by atoms with E-state index in [-0.39, 0.29) is 18.0 Å². The summed E-state index contributed by atoms with van der Waals surface area (Å²) in [5.74, 6) is -0.728. The summed E-state index contributed by atoms with van der Waals surface area (Å²) in [6, 6.07) is -0.102. The molecule has 1 rings (SSSR count). The predicted molar refractivity (Wildman–Crippen MR) is 78.5 cm³/mol. The highest BCUT2D eigenvalue weighted by atomic mass is 16.4. The fraction of sp³-hybridized carbons (Fsp3) is 0.867. The van der Waals surface area contributed by atoms with E-state index in [0.717, 1.165) is 12.8 Å². The molecule has 0 aromatic heterocycles. The largest absolute Gasteiger partial charge is 0.481 e. The first kappa shape index (κ1) is 17.0. The van der Waals surface area contributed by atoms with Gasteiger partial charge in [0.15, 0.2) is 0 Å². The van der Waals surface area contributed by atoms with Gasteiger partial charge in [0.1, 0.15) is 0 Å². The Morgan fingerprint density at radius 3 is 2.50 bits per heavy atom. The van der Waals surface area contributed by atoms with Crippen LogP contribution < -0.4 is 5.32 Å². The summed E-state index contributed by atoms with van der Waals surface area (Å²) in [5.41, 5.74) is -0.667. The van der Waals surface area contributed by atoms with Gasteiger partial charge in [-0.05, 0) is 33.1 Å². The molecule has 3 unspecified atom stereocenters. The number of nitrogens with zero attached hydrogens (tertiary/aromatic N) is 1. The van der Waals surface area contributed by atoms with Crippen LogP contribution in [0.25, 0.3) is 0 Å². The molecule has 5 heteroatoms. The van der Waals surface area contributed by atoms with Crippen molar-refractivity contribution >= 4 is 11.9 Å². The van der Waals surface area contributed by atoms with Crippen LogP contribution in [-0.2, 0) is 9.59 Å². The van der Waals surface area contributed by atoms with Crippen molar-refractivity contribution < 1.29 is 14.7 Å². The minimum atomic E-state index is -0.726. The highest BCUT2D eigenvalue weighted by molar-refractivity contribution is 5.82. The quantitative estimate of drug-likeness (QED) is 0.749. The Morgan fingerprint density at radius 1 is 1.35 bits per heavy atom. The number of carbonyl (C=O) groups is 2. The van der Waals surface area contributed by atoms with Crippen molar-refractivity contribution in [2.45, 2.75) is 65.5 Å². The van der Waals surface area contributed by atoms with E-state index in [4.69, 9.17) is 0 Å². The monoisotopic (exact) mass is 284 g/mol. The standard InChI is InChI=1S/C15H28N2O3/c1-5-7-15(14(19)20)8-9-17(10-15)12(4)13(18)16-11(3)6-2/h11-12H,5-10H2,1-4H3,(H,16,18)(H,19,20). The zero-order chi connectivity index (χ0) is 15.3. The first-order chi connectivity index (χ1) is 9.36. The zero-order valence-electron chi connectivity index (χ0n) is 13.1. The second-order valence-corrected chi connectivity index (χ2v) is 6.05. The van der Waals surface area contributed by atoms with Gasteiger partial charge in [-0.25, -0.2) is 0 Å². The van der Waals surface area contributed by atoms with Gasteiger partial charge in [-0.15, -0.1) is 0 Å². The fourth-order valence-electron chi connectivity index (χ4n) is 2.83. The van der Waals surface area contributed by atoms with E-state index in [2.05, 4.69) is 5.32 Å². The van der Waals surface area contributed by atoms with Gasteiger partial charge in [0, 0.05) is 19.1 Å². The molecule has 1 amide bonds. The molecule has 116 valence electrons. The van der Waals surface area contributed by atoms with Crippen molar-refractivity contribution in [3.63, 3.8) is 0 Å². The van der Waals surface area contributed by atoms with Crippen LogP contribution in [0.2, 0.25) is 0 Å². The highest BCUT2D eigenvalue weighted by Gasteiger charge is 2.45. The Kier molecular flexibility index (Phi) is 5.99. The van der Waals surface area contributed by atoms with Gasteiger partial charge in [0.2, 0.25) is 5.91 Å². The number of rotatable bonds is 7. The normalized spacial score (nSPS) is 26.2. The van der Waals surface area contributed by atoms with E-state index in [1.165, 1.54) is 0 Å². The third-order valence-electron chi connectivity index (χ3n) is 4.49. The molecule has 1 fully saturated rings. The molecule has 0 aromatic rings. The summed E-state index contributed by atoms with van der Waals surface area (Å²) >= 11 is 0. The number of carbonyl (C=O) groups excluding carboxylic acids is 1. The Hall–Kier alpha value is -1.10. The smallest absolute Gasteiger partial charge is 0.310 e. The van der Waals surface area contributed by atoms with E-state index >= 15 is 0 Å². The van der Waals surface area contributed by atoms with Crippen LogP contribution in [-0.4, -0.2) is 47.1 Å². The fourth-order valence-corrected chi connectivity index (χ4v) is 2.83. The molecule has 0 saturated carbocycles. The number of aliphatic carboxylic acids is 1. The van der Waals surface area contributed by atoms with Crippen molar-refractivity contribution in [2.24, 2.45) is 5.41 Å². The molecular weight excluding hydrogens is 256 g/mol. The summed E-state index contributed by atoms with van der Waals surface area (Å²) in [7, 11) is 0. The van der Waals surface area contributed by atoms with Crippen LogP contribution in [0, 0.1) is 5.41 Å². The third-order valence-corrected chi connectivity index (χ3v) is 4.49. The SMILES string of the molecule is CCCC1(C(=O)O)CCN(C(C)C(=O)NC(C)CC)C1. The lowest BCUT2D eigenvalue weighted by molar-refractivity contribution is -0.149. The highest BCUT2D eigenvalue weighted by Crippen LogP contribution is 2.36. The van der Waals surface area contributed by atoms with E-state index in [1.807, 2.05) is 32.6 Å².